The van der Waals surface area contributed by atoms with Crippen LogP contribution in [0, 0.1) is 0 Å². The zero-order valence-electron chi connectivity index (χ0n) is 10.5. The van der Waals surface area contributed by atoms with E-state index in [2.05, 4.69) is 0 Å². The first-order valence-electron chi connectivity index (χ1n) is 5.79. The van der Waals surface area contributed by atoms with Gasteiger partial charge in [0.1, 0.15) is 18.1 Å². The lowest BCUT2D eigenvalue weighted by Crippen LogP contribution is -2.05. The highest BCUT2D eigenvalue weighted by Gasteiger charge is 2.09. The molecule has 0 heterocycles. The molecular formula is C15H14O4. The summed E-state index contributed by atoms with van der Waals surface area (Å²) in [6.45, 7) is 0.143. The Balaban J connectivity index is 2.02. The first kappa shape index (κ1) is 13.0. The van der Waals surface area contributed by atoms with Crippen LogP contribution in [0.15, 0.2) is 48.5 Å². The molecule has 98 valence electrons. The molecule has 0 aliphatic rings. The highest BCUT2D eigenvalue weighted by molar-refractivity contribution is 5.89. The van der Waals surface area contributed by atoms with E-state index in [9.17, 15) is 4.79 Å². The number of phenols is 1. The van der Waals surface area contributed by atoms with E-state index >= 15 is 0 Å². The molecule has 0 radical (unpaired) electrons. The first-order valence-corrected chi connectivity index (χ1v) is 5.79. The summed E-state index contributed by atoms with van der Waals surface area (Å²) in [5, 5.41) is 9.15. The van der Waals surface area contributed by atoms with Crippen molar-refractivity contribution in [1.29, 1.82) is 0 Å². The number of phenolic OH excluding ortho intramolecular Hbond substituents is 1. The Labute approximate surface area is 111 Å². The fourth-order valence-corrected chi connectivity index (χ4v) is 1.65. The van der Waals surface area contributed by atoms with Gasteiger partial charge in [-0.05, 0) is 30.3 Å². The monoisotopic (exact) mass is 258 g/mol. The van der Waals surface area contributed by atoms with Gasteiger partial charge in [0, 0.05) is 5.56 Å². The van der Waals surface area contributed by atoms with Crippen LogP contribution in [-0.2, 0) is 11.3 Å². The lowest BCUT2D eigenvalue weighted by Gasteiger charge is -2.09. The molecule has 4 nitrogen and oxygen atoms in total. The summed E-state index contributed by atoms with van der Waals surface area (Å²) in [5.74, 6) is 0.355. The van der Waals surface area contributed by atoms with Crippen LogP contribution in [0.1, 0.15) is 15.9 Å². The van der Waals surface area contributed by atoms with E-state index in [1.807, 2.05) is 24.3 Å². The third kappa shape index (κ3) is 3.25. The van der Waals surface area contributed by atoms with E-state index in [0.29, 0.717) is 11.3 Å². The minimum atomic E-state index is -0.439. The van der Waals surface area contributed by atoms with Gasteiger partial charge in [0.05, 0.1) is 12.7 Å². The maximum Gasteiger partial charge on any atom is 0.338 e. The average molecular weight is 258 g/mol. The smallest absolute Gasteiger partial charge is 0.338 e. The average Bonchev–Trinajstić information content (AvgIpc) is 2.45. The van der Waals surface area contributed by atoms with Gasteiger partial charge in [-0.1, -0.05) is 18.2 Å². The molecule has 0 aliphatic carbocycles. The number of esters is 1. The molecular weight excluding hydrogens is 244 g/mol. The molecule has 0 fully saturated rings. The van der Waals surface area contributed by atoms with Crippen LogP contribution in [0.25, 0.3) is 0 Å². The van der Waals surface area contributed by atoms with Gasteiger partial charge in [-0.25, -0.2) is 4.79 Å². The number of carbonyl (C=O) groups excluding carboxylic acids is 1. The molecule has 0 aromatic heterocycles. The van der Waals surface area contributed by atoms with E-state index in [0.717, 1.165) is 5.56 Å². The number of ether oxygens (including phenoxy) is 2. The van der Waals surface area contributed by atoms with Crippen LogP contribution in [0.4, 0.5) is 0 Å². The van der Waals surface area contributed by atoms with E-state index in [1.54, 1.807) is 7.11 Å². The van der Waals surface area contributed by atoms with Crippen LogP contribution in [0.3, 0.4) is 0 Å². The number of benzene rings is 2. The summed E-state index contributed by atoms with van der Waals surface area (Å²) < 4.78 is 10.4. The minimum absolute atomic E-state index is 0.112. The molecule has 0 atom stereocenters. The number of para-hydroxylation sites is 1. The Kier molecular flexibility index (Phi) is 4.03. The number of hydrogen-bond acceptors (Lipinski definition) is 4. The number of aromatic hydroxyl groups is 1. The summed E-state index contributed by atoms with van der Waals surface area (Å²) in [6.07, 6.45) is 0. The molecule has 0 unspecified atom stereocenters. The summed E-state index contributed by atoms with van der Waals surface area (Å²) in [4.78, 5) is 11.8. The Morgan fingerprint density at radius 2 is 1.79 bits per heavy atom. The maximum absolute atomic E-state index is 11.8. The van der Waals surface area contributed by atoms with Gasteiger partial charge in [-0.2, -0.15) is 0 Å². The molecule has 0 aliphatic heterocycles. The van der Waals surface area contributed by atoms with Gasteiger partial charge in [-0.15, -0.1) is 0 Å². The van der Waals surface area contributed by atoms with Crippen LogP contribution in [-0.4, -0.2) is 18.2 Å². The Morgan fingerprint density at radius 3 is 2.47 bits per heavy atom. The molecule has 4 heteroatoms. The summed E-state index contributed by atoms with van der Waals surface area (Å²) in [7, 11) is 1.57. The lowest BCUT2D eigenvalue weighted by atomic mass is 10.2. The molecule has 2 rings (SSSR count). The summed E-state index contributed by atoms with van der Waals surface area (Å²) in [5.41, 5.74) is 1.20. The van der Waals surface area contributed by atoms with E-state index in [-0.39, 0.29) is 12.4 Å². The van der Waals surface area contributed by atoms with E-state index in [1.165, 1.54) is 24.3 Å². The maximum atomic E-state index is 11.8. The normalized spacial score (nSPS) is 9.95. The van der Waals surface area contributed by atoms with Crippen LogP contribution in [0.2, 0.25) is 0 Å². The van der Waals surface area contributed by atoms with Crippen molar-refractivity contribution in [1.82, 2.24) is 0 Å². The zero-order valence-corrected chi connectivity index (χ0v) is 10.5. The van der Waals surface area contributed by atoms with Crippen molar-refractivity contribution in [3.05, 3.63) is 59.7 Å². The van der Waals surface area contributed by atoms with Gasteiger partial charge < -0.3 is 14.6 Å². The molecule has 0 bridgehead atoms. The molecule has 0 amide bonds. The largest absolute Gasteiger partial charge is 0.508 e. The molecule has 0 spiro atoms. The fourth-order valence-electron chi connectivity index (χ4n) is 1.65. The van der Waals surface area contributed by atoms with Crippen LogP contribution in [0.5, 0.6) is 11.5 Å². The third-order valence-corrected chi connectivity index (χ3v) is 2.65. The number of methoxy groups -OCH3 is 1. The van der Waals surface area contributed by atoms with Crippen molar-refractivity contribution in [2.75, 3.05) is 7.11 Å². The molecule has 19 heavy (non-hydrogen) atoms. The van der Waals surface area contributed by atoms with Crippen molar-refractivity contribution in [3.63, 3.8) is 0 Å². The highest BCUT2D eigenvalue weighted by atomic mass is 16.5. The standard InChI is InChI=1S/C15H14O4/c1-18-14-5-3-2-4-12(14)10-19-15(17)11-6-8-13(16)9-7-11/h2-9,16H,10H2,1H3. The van der Waals surface area contributed by atoms with Crippen molar-refractivity contribution < 1.29 is 19.4 Å². The van der Waals surface area contributed by atoms with Gasteiger partial charge in [0.2, 0.25) is 0 Å². The van der Waals surface area contributed by atoms with E-state index < -0.39 is 5.97 Å². The lowest BCUT2D eigenvalue weighted by molar-refractivity contribution is 0.0470. The highest BCUT2D eigenvalue weighted by Crippen LogP contribution is 2.19. The molecule has 2 aromatic carbocycles. The minimum Gasteiger partial charge on any atom is -0.508 e. The third-order valence-electron chi connectivity index (χ3n) is 2.65. The second-order valence-corrected chi connectivity index (χ2v) is 3.93. The van der Waals surface area contributed by atoms with Crippen LogP contribution >= 0.6 is 0 Å². The predicted octanol–water partition coefficient (Wildman–Crippen LogP) is 2.76. The summed E-state index contributed by atoms with van der Waals surface area (Å²) >= 11 is 0. The quantitative estimate of drug-likeness (QED) is 0.857. The van der Waals surface area contributed by atoms with Gasteiger partial charge >= 0.3 is 5.97 Å². The number of rotatable bonds is 4. The topological polar surface area (TPSA) is 55.8 Å². The Bertz CT molecular complexity index is 561. The van der Waals surface area contributed by atoms with Crippen molar-refractivity contribution in [3.8, 4) is 11.5 Å². The predicted molar refractivity (Wildman–Crippen MR) is 70.2 cm³/mol. The molecule has 2 aromatic rings. The second kappa shape index (κ2) is 5.91. The fraction of sp³-hybridized carbons (Fsp3) is 0.133. The Hall–Kier alpha value is -2.49. The molecule has 0 saturated heterocycles. The molecule has 1 N–H and O–H groups in total. The van der Waals surface area contributed by atoms with Crippen molar-refractivity contribution >= 4 is 5.97 Å². The van der Waals surface area contributed by atoms with Gasteiger partial charge in [0.15, 0.2) is 0 Å². The van der Waals surface area contributed by atoms with Crippen LogP contribution < -0.4 is 4.74 Å². The van der Waals surface area contributed by atoms with Gasteiger partial charge in [-0.3, -0.25) is 0 Å². The van der Waals surface area contributed by atoms with Gasteiger partial charge in [0.25, 0.3) is 0 Å². The van der Waals surface area contributed by atoms with Crippen molar-refractivity contribution in [2.24, 2.45) is 0 Å². The van der Waals surface area contributed by atoms with E-state index in [4.69, 9.17) is 14.6 Å². The SMILES string of the molecule is COc1ccccc1COC(=O)c1ccc(O)cc1. The van der Waals surface area contributed by atoms with Crippen molar-refractivity contribution in [2.45, 2.75) is 6.61 Å². The number of hydrogen-bond donors (Lipinski definition) is 1. The number of carbonyl (C=O) groups is 1. The zero-order chi connectivity index (χ0) is 13.7. The Morgan fingerprint density at radius 1 is 1.11 bits per heavy atom. The summed E-state index contributed by atoms with van der Waals surface area (Å²) in [6, 6.07) is 13.3. The molecule has 0 saturated carbocycles. The first-order chi connectivity index (χ1) is 9.20. The second-order valence-electron chi connectivity index (χ2n) is 3.93.